The molecule has 0 saturated carbocycles. The number of hydrogen-bond acceptors (Lipinski definition) is 4. The van der Waals surface area contributed by atoms with E-state index in [9.17, 15) is 9.50 Å². The largest absolute Gasteiger partial charge is 0.467 e. The number of halogens is 1. The van der Waals surface area contributed by atoms with Crippen molar-refractivity contribution in [1.29, 1.82) is 0 Å². The molecule has 0 radical (unpaired) electrons. The molecular formula is C10H11FO4. The predicted octanol–water partition coefficient (Wildman–Crippen LogP) is 1.33. The Morgan fingerprint density at radius 1 is 1.60 bits per heavy atom. The molecule has 0 aliphatic carbocycles. The summed E-state index contributed by atoms with van der Waals surface area (Å²) in [4.78, 5) is 0. The number of ether oxygens (including phenoxy) is 3. The van der Waals surface area contributed by atoms with Gasteiger partial charge < -0.3 is 19.3 Å². The molecule has 15 heavy (non-hydrogen) atoms. The second-order valence-electron chi connectivity index (χ2n) is 3.15. The van der Waals surface area contributed by atoms with Crippen molar-refractivity contribution in [2.24, 2.45) is 0 Å². The third-order valence-corrected chi connectivity index (χ3v) is 2.22. The van der Waals surface area contributed by atoms with Crippen LogP contribution >= 0.6 is 0 Å². The lowest BCUT2D eigenvalue weighted by Gasteiger charge is -2.11. The van der Waals surface area contributed by atoms with E-state index in [-0.39, 0.29) is 13.4 Å². The monoisotopic (exact) mass is 214 g/mol. The van der Waals surface area contributed by atoms with E-state index in [4.69, 9.17) is 14.2 Å². The van der Waals surface area contributed by atoms with E-state index >= 15 is 0 Å². The predicted molar refractivity (Wildman–Crippen MR) is 48.7 cm³/mol. The van der Waals surface area contributed by atoms with Gasteiger partial charge in [-0.15, -0.1) is 0 Å². The molecule has 0 spiro atoms. The zero-order valence-corrected chi connectivity index (χ0v) is 8.20. The molecular weight excluding hydrogens is 203 g/mol. The number of aliphatic hydroxyl groups is 1. The summed E-state index contributed by atoms with van der Waals surface area (Å²) in [6.45, 7) is 0.108. The maximum atomic E-state index is 13.3. The van der Waals surface area contributed by atoms with Gasteiger partial charge in [0.15, 0.2) is 13.1 Å². The van der Waals surface area contributed by atoms with E-state index in [1.807, 2.05) is 0 Å². The molecule has 1 heterocycles. The first-order valence-corrected chi connectivity index (χ1v) is 4.46. The molecule has 0 saturated heterocycles. The Bertz CT molecular complexity index is 367. The average molecular weight is 214 g/mol. The fraction of sp³-hybridized carbons (Fsp3) is 0.400. The van der Waals surface area contributed by atoms with Gasteiger partial charge in [0.25, 0.3) is 0 Å². The molecule has 1 aromatic rings. The van der Waals surface area contributed by atoms with Gasteiger partial charge in [0, 0.05) is 12.7 Å². The number of fused-ring (bicyclic) bond motifs is 1. The highest BCUT2D eigenvalue weighted by molar-refractivity contribution is 5.43. The molecule has 1 aliphatic rings. The van der Waals surface area contributed by atoms with Crippen molar-refractivity contribution in [3.63, 3.8) is 0 Å². The van der Waals surface area contributed by atoms with Crippen molar-refractivity contribution < 1.29 is 23.7 Å². The maximum absolute atomic E-state index is 13.3. The third-order valence-electron chi connectivity index (χ3n) is 2.22. The minimum atomic E-state index is -1.12. The van der Waals surface area contributed by atoms with E-state index in [0.717, 1.165) is 0 Å². The number of rotatable bonds is 3. The van der Waals surface area contributed by atoms with Gasteiger partial charge in [-0.1, -0.05) is 0 Å². The van der Waals surface area contributed by atoms with E-state index in [1.165, 1.54) is 19.2 Å². The van der Waals surface area contributed by atoms with Gasteiger partial charge in [0.1, 0.15) is 11.6 Å². The summed E-state index contributed by atoms with van der Waals surface area (Å²) >= 11 is 0. The number of aliphatic hydroxyl groups excluding tert-OH is 1. The first-order valence-electron chi connectivity index (χ1n) is 4.46. The highest BCUT2D eigenvalue weighted by atomic mass is 19.1. The van der Waals surface area contributed by atoms with Crippen molar-refractivity contribution in [3.05, 3.63) is 29.1 Å². The van der Waals surface area contributed by atoms with Gasteiger partial charge in [-0.25, -0.2) is 4.39 Å². The first-order chi connectivity index (χ1) is 7.24. The smallest absolute Gasteiger partial charge is 0.188 e. The lowest BCUT2D eigenvalue weighted by atomic mass is 10.1. The second kappa shape index (κ2) is 4.14. The fourth-order valence-electron chi connectivity index (χ4n) is 1.53. The summed E-state index contributed by atoms with van der Waals surface area (Å²) in [5.41, 5.74) is 0.697. The Morgan fingerprint density at radius 2 is 2.40 bits per heavy atom. The zero-order chi connectivity index (χ0) is 10.8. The Hall–Kier alpha value is -1.17. The summed E-state index contributed by atoms with van der Waals surface area (Å²) in [5.74, 6) is -0.00966. The Kier molecular flexibility index (Phi) is 2.86. The Labute approximate surface area is 86.2 Å². The second-order valence-corrected chi connectivity index (χ2v) is 3.15. The molecule has 5 heteroatoms. The van der Waals surface area contributed by atoms with Crippen LogP contribution in [0.15, 0.2) is 12.1 Å². The highest BCUT2D eigenvalue weighted by Gasteiger charge is 2.28. The highest BCUT2D eigenvalue weighted by Crippen LogP contribution is 2.37. The molecule has 2 rings (SSSR count). The van der Waals surface area contributed by atoms with Crippen molar-refractivity contribution >= 4 is 0 Å². The zero-order valence-electron chi connectivity index (χ0n) is 8.20. The van der Waals surface area contributed by atoms with Crippen LogP contribution in [0.2, 0.25) is 0 Å². The molecule has 0 aromatic heterocycles. The normalized spacial score (nSPS) is 19.0. The van der Waals surface area contributed by atoms with Gasteiger partial charge in [-0.3, -0.25) is 0 Å². The van der Waals surface area contributed by atoms with E-state index in [0.29, 0.717) is 16.9 Å². The van der Waals surface area contributed by atoms with Crippen LogP contribution in [0, 0.1) is 5.82 Å². The van der Waals surface area contributed by atoms with E-state index < -0.39 is 12.1 Å². The topological polar surface area (TPSA) is 47.9 Å². The third kappa shape index (κ3) is 1.81. The molecule has 1 aromatic carbocycles. The molecule has 1 aliphatic heterocycles. The number of methoxy groups -OCH3 is 1. The molecule has 1 unspecified atom stereocenters. The van der Waals surface area contributed by atoms with Crippen LogP contribution in [0.3, 0.4) is 0 Å². The summed E-state index contributed by atoms with van der Waals surface area (Å²) < 4.78 is 28.1. The molecule has 0 bridgehead atoms. The van der Waals surface area contributed by atoms with Crippen LogP contribution in [0.25, 0.3) is 0 Å². The molecule has 4 nitrogen and oxygen atoms in total. The van der Waals surface area contributed by atoms with Crippen LogP contribution in [-0.2, 0) is 16.1 Å². The van der Waals surface area contributed by atoms with Gasteiger partial charge in [-0.05, 0) is 12.1 Å². The Balaban J connectivity index is 2.36. The van der Waals surface area contributed by atoms with Crippen molar-refractivity contribution in [2.75, 3.05) is 13.9 Å². The molecule has 1 N–H and O–H groups in total. The van der Waals surface area contributed by atoms with Crippen LogP contribution in [-0.4, -0.2) is 19.0 Å². The number of benzene rings is 1. The van der Waals surface area contributed by atoms with Crippen LogP contribution in [0.4, 0.5) is 4.39 Å². The van der Waals surface area contributed by atoms with Gasteiger partial charge >= 0.3 is 0 Å². The lowest BCUT2D eigenvalue weighted by molar-refractivity contribution is -0.0935. The van der Waals surface area contributed by atoms with E-state index in [1.54, 1.807) is 0 Å². The summed E-state index contributed by atoms with van der Waals surface area (Å²) in [6, 6.07) is 2.73. The number of hydrogen-bond donors (Lipinski definition) is 1. The van der Waals surface area contributed by atoms with Crippen LogP contribution in [0.5, 0.6) is 5.75 Å². The maximum Gasteiger partial charge on any atom is 0.188 e. The van der Waals surface area contributed by atoms with Crippen LogP contribution in [0.1, 0.15) is 17.4 Å². The minimum absolute atomic E-state index is 0.0464. The van der Waals surface area contributed by atoms with Crippen molar-refractivity contribution in [3.8, 4) is 5.75 Å². The van der Waals surface area contributed by atoms with E-state index in [2.05, 4.69) is 0 Å². The van der Waals surface area contributed by atoms with Gasteiger partial charge in [-0.2, -0.15) is 0 Å². The minimum Gasteiger partial charge on any atom is -0.467 e. The average Bonchev–Trinajstić information content (AvgIpc) is 2.61. The molecule has 0 fully saturated rings. The molecule has 1 atom stereocenters. The SMILES string of the molecule is COCOc1ccc(F)c2c1C(O)OC2. The quantitative estimate of drug-likeness (QED) is 0.771. The summed E-state index contributed by atoms with van der Waals surface area (Å²) in [7, 11) is 1.48. The van der Waals surface area contributed by atoms with Crippen molar-refractivity contribution in [2.45, 2.75) is 12.9 Å². The molecule has 0 amide bonds. The van der Waals surface area contributed by atoms with Crippen LogP contribution < -0.4 is 4.74 Å². The lowest BCUT2D eigenvalue weighted by Crippen LogP contribution is -2.04. The standard InChI is InChI=1S/C10H11FO4/c1-13-5-15-8-3-2-7(11)6-4-14-10(12)9(6)8/h2-3,10,12H,4-5H2,1H3. The summed E-state index contributed by atoms with van der Waals surface area (Å²) in [6.07, 6.45) is -1.12. The fourth-order valence-corrected chi connectivity index (χ4v) is 1.53. The summed E-state index contributed by atoms with van der Waals surface area (Å²) in [5, 5.41) is 9.48. The first kappa shape index (κ1) is 10.4. The van der Waals surface area contributed by atoms with Gasteiger partial charge in [0.2, 0.25) is 0 Å². The molecule has 82 valence electrons. The van der Waals surface area contributed by atoms with Gasteiger partial charge in [0.05, 0.1) is 12.2 Å². The Morgan fingerprint density at radius 3 is 3.13 bits per heavy atom. The van der Waals surface area contributed by atoms with Crippen molar-refractivity contribution in [1.82, 2.24) is 0 Å².